The normalized spacial score (nSPS) is 11.2. The lowest BCUT2D eigenvalue weighted by molar-refractivity contribution is -0.385. The summed E-state index contributed by atoms with van der Waals surface area (Å²) in [6.45, 7) is -0.0962. The number of rotatable bonds is 5. The lowest BCUT2D eigenvalue weighted by Crippen LogP contribution is -2.27. The van der Waals surface area contributed by atoms with Gasteiger partial charge in [-0.15, -0.1) is 0 Å². The molecule has 9 heteroatoms. The van der Waals surface area contributed by atoms with Crippen LogP contribution < -0.4 is 0 Å². The summed E-state index contributed by atoms with van der Waals surface area (Å²) < 4.78 is 37.9. The van der Waals surface area contributed by atoms with Crippen LogP contribution in [0.25, 0.3) is 0 Å². The molecule has 2 aromatic rings. The quantitative estimate of drug-likeness (QED) is 0.442. The van der Waals surface area contributed by atoms with E-state index in [1.165, 1.54) is 49.5 Å². The van der Waals surface area contributed by atoms with Crippen molar-refractivity contribution in [2.45, 2.75) is 16.9 Å². The van der Waals surface area contributed by atoms with Gasteiger partial charge >= 0.3 is 5.51 Å². The van der Waals surface area contributed by atoms with Gasteiger partial charge < -0.3 is 4.90 Å². The highest BCUT2D eigenvalue weighted by molar-refractivity contribution is 8.00. The zero-order valence-electron chi connectivity index (χ0n) is 13.0. The SMILES string of the molecule is CN(Cc1ccccc1[N+](=O)[O-])C(=O)c1ccccc1SC(F)(F)F. The van der Waals surface area contributed by atoms with Crippen LogP contribution in [-0.2, 0) is 6.54 Å². The molecule has 0 N–H and O–H groups in total. The van der Waals surface area contributed by atoms with E-state index in [4.69, 9.17) is 0 Å². The molecule has 0 aromatic heterocycles. The van der Waals surface area contributed by atoms with E-state index < -0.39 is 16.3 Å². The molecule has 25 heavy (non-hydrogen) atoms. The minimum absolute atomic E-state index is 0.0962. The van der Waals surface area contributed by atoms with Crippen molar-refractivity contribution in [3.05, 3.63) is 69.8 Å². The highest BCUT2D eigenvalue weighted by Crippen LogP contribution is 2.38. The number of halogens is 3. The number of amides is 1. The van der Waals surface area contributed by atoms with E-state index >= 15 is 0 Å². The predicted octanol–water partition coefficient (Wildman–Crippen LogP) is 4.48. The molecule has 0 spiro atoms. The molecule has 0 saturated heterocycles. The Balaban J connectivity index is 2.26. The fourth-order valence-electron chi connectivity index (χ4n) is 2.21. The van der Waals surface area contributed by atoms with Gasteiger partial charge in [0.25, 0.3) is 11.6 Å². The van der Waals surface area contributed by atoms with E-state index in [1.54, 1.807) is 6.07 Å². The van der Waals surface area contributed by atoms with Crippen molar-refractivity contribution in [3.63, 3.8) is 0 Å². The number of para-hydroxylation sites is 1. The molecule has 0 aliphatic heterocycles. The van der Waals surface area contributed by atoms with E-state index in [0.717, 1.165) is 4.90 Å². The molecule has 1 amide bonds. The van der Waals surface area contributed by atoms with Gasteiger partial charge in [-0.25, -0.2) is 0 Å². The Morgan fingerprint density at radius 1 is 1.16 bits per heavy atom. The van der Waals surface area contributed by atoms with Gasteiger partial charge in [0, 0.05) is 23.6 Å². The van der Waals surface area contributed by atoms with Gasteiger partial charge in [0.15, 0.2) is 0 Å². The smallest absolute Gasteiger partial charge is 0.337 e. The lowest BCUT2D eigenvalue weighted by atomic mass is 10.1. The number of hydrogen-bond acceptors (Lipinski definition) is 4. The first-order chi connectivity index (χ1) is 11.7. The van der Waals surface area contributed by atoms with E-state index in [9.17, 15) is 28.1 Å². The molecule has 0 radical (unpaired) electrons. The molecular weight excluding hydrogens is 357 g/mol. The maximum Gasteiger partial charge on any atom is 0.446 e. The first kappa shape index (κ1) is 18.8. The number of carbonyl (C=O) groups excluding carboxylic acids is 1. The molecule has 0 heterocycles. The summed E-state index contributed by atoms with van der Waals surface area (Å²) >= 11 is -0.368. The van der Waals surface area contributed by atoms with Crippen molar-refractivity contribution >= 4 is 23.4 Å². The third-order valence-corrected chi connectivity index (χ3v) is 4.09. The molecule has 0 aliphatic carbocycles. The summed E-state index contributed by atoms with van der Waals surface area (Å²) in [6.07, 6.45) is 0. The average molecular weight is 370 g/mol. The summed E-state index contributed by atoms with van der Waals surface area (Å²) in [5, 5.41) is 11.0. The van der Waals surface area contributed by atoms with Gasteiger partial charge in [-0.1, -0.05) is 30.3 Å². The first-order valence-corrected chi connectivity index (χ1v) is 7.83. The summed E-state index contributed by atoms with van der Waals surface area (Å²) in [7, 11) is 1.38. The molecule has 0 saturated carbocycles. The van der Waals surface area contributed by atoms with Crippen molar-refractivity contribution in [1.29, 1.82) is 0 Å². The van der Waals surface area contributed by atoms with E-state index in [1.807, 2.05) is 0 Å². The summed E-state index contributed by atoms with van der Waals surface area (Å²) in [6, 6.07) is 11.3. The van der Waals surface area contributed by atoms with Gasteiger partial charge in [-0.3, -0.25) is 14.9 Å². The molecule has 0 atom stereocenters. The van der Waals surface area contributed by atoms with Crippen molar-refractivity contribution in [1.82, 2.24) is 4.90 Å². The molecular formula is C16H13F3N2O3S. The van der Waals surface area contributed by atoms with Crippen LogP contribution in [-0.4, -0.2) is 28.3 Å². The second-order valence-corrected chi connectivity index (χ2v) is 6.20. The second-order valence-electron chi connectivity index (χ2n) is 5.09. The van der Waals surface area contributed by atoms with E-state index in [0.29, 0.717) is 5.56 Å². The summed E-state index contributed by atoms with van der Waals surface area (Å²) in [5.41, 5.74) is -4.48. The number of nitro benzene ring substituents is 1. The topological polar surface area (TPSA) is 63.4 Å². The number of thioether (sulfide) groups is 1. The second kappa shape index (κ2) is 7.56. The van der Waals surface area contributed by atoms with E-state index in [-0.39, 0.29) is 34.5 Å². The van der Waals surface area contributed by atoms with Gasteiger partial charge in [0.05, 0.1) is 17.0 Å². The number of nitro groups is 1. The summed E-state index contributed by atoms with van der Waals surface area (Å²) in [5.74, 6) is -0.648. The van der Waals surface area contributed by atoms with Gasteiger partial charge in [-0.05, 0) is 23.9 Å². The Bertz CT molecular complexity index is 796. The van der Waals surface area contributed by atoms with Gasteiger partial charge in [0.1, 0.15) is 0 Å². The Morgan fingerprint density at radius 2 is 1.76 bits per heavy atom. The zero-order valence-corrected chi connectivity index (χ0v) is 13.8. The lowest BCUT2D eigenvalue weighted by Gasteiger charge is -2.19. The fraction of sp³-hybridized carbons (Fsp3) is 0.188. The van der Waals surface area contributed by atoms with Crippen molar-refractivity contribution in [3.8, 4) is 0 Å². The van der Waals surface area contributed by atoms with Gasteiger partial charge in [-0.2, -0.15) is 13.2 Å². The Labute approximate surface area is 145 Å². The molecule has 2 aromatic carbocycles. The maximum atomic E-state index is 12.6. The Morgan fingerprint density at radius 3 is 2.40 bits per heavy atom. The number of alkyl halides is 3. The van der Waals surface area contributed by atoms with Gasteiger partial charge in [0.2, 0.25) is 0 Å². The minimum Gasteiger partial charge on any atom is -0.337 e. The zero-order chi connectivity index (χ0) is 18.6. The highest BCUT2D eigenvalue weighted by Gasteiger charge is 2.31. The number of hydrogen-bond donors (Lipinski definition) is 0. The van der Waals surface area contributed by atoms with Crippen molar-refractivity contribution < 1.29 is 22.9 Å². The Hall–Kier alpha value is -2.55. The Kier molecular flexibility index (Phi) is 5.68. The molecule has 0 fully saturated rings. The molecule has 0 bridgehead atoms. The van der Waals surface area contributed by atoms with E-state index in [2.05, 4.69) is 0 Å². The highest BCUT2D eigenvalue weighted by atomic mass is 32.2. The number of benzene rings is 2. The largest absolute Gasteiger partial charge is 0.446 e. The molecule has 2 rings (SSSR count). The van der Waals surface area contributed by atoms with Crippen LogP contribution in [0.2, 0.25) is 0 Å². The molecule has 132 valence electrons. The third kappa shape index (κ3) is 4.96. The maximum absolute atomic E-state index is 12.6. The molecule has 0 aliphatic rings. The standard InChI is InChI=1S/C16H13F3N2O3S/c1-20(10-11-6-2-4-8-13(11)21(23)24)15(22)12-7-3-5-9-14(12)25-16(17,18)19/h2-9H,10H2,1H3. The van der Waals surface area contributed by atoms with Crippen LogP contribution >= 0.6 is 11.8 Å². The van der Waals surface area contributed by atoms with Crippen LogP contribution in [0.1, 0.15) is 15.9 Å². The molecule has 0 unspecified atom stereocenters. The first-order valence-electron chi connectivity index (χ1n) is 7.01. The minimum atomic E-state index is -4.52. The number of carbonyl (C=O) groups is 1. The number of nitrogens with zero attached hydrogens (tertiary/aromatic N) is 2. The molecule has 5 nitrogen and oxygen atoms in total. The van der Waals surface area contributed by atoms with Crippen molar-refractivity contribution in [2.75, 3.05) is 7.05 Å². The van der Waals surface area contributed by atoms with Crippen LogP contribution in [0, 0.1) is 10.1 Å². The third-order valence-electron chi connectivity index (χ3n) is 3.29. The monoisotopic (exact) mass is 370 g/mol. The van der Waals surface area contributed by atoms with Crippen LogP contribution in [0.3, 0.4) is 0 Å². The van der Waals surface area contributed by atoms with Crippen molar-refractivity contribution in [2.24, 2.45) is 0 Å². The summed E-state index contributed by atoms with van der Waals surface area (Å²) in [4.78, 5) is 23.9. The average Bonchev–Trinajstić information content (AvgIpc) is 2.53. The fourth-order valence-corrected chi connectivity index (χ4v) is 2.87. The van der Waals surface area contributed by atoms with Crippen LogP contribution in [0.5, 0.6) is 0 Å². The van der Waals surface area contributed by atoms with Crippen LogP contribution in [0.15, 0.2) is 53.4 Å². The van der Waals surface area contributed by atoms with Crippen LogP contribution in [0.4, 0.5) is 18.9 Å². The predicted molar refractivity (Wildman–Crippen MR) is 87.2 cm³/mol.